The Hall–Kier alpha value is -0.780. The fourth-order valence-electron chi connectivity index (χ4n) is 2.17. The van der Waals surface area contributed by atoms with Gasteiger partial charge in [-0.1, -0.05) is 22.9 Å². The third-order valence-electron chi connectivity index (χ3n) is 3.12. The molecule has 1 aromatic carbocycles. The average molecular weight is 346 g/mol. The number of nitrogens with one attached hydrogen (secondary N) is 1. The Morgan fingerprint density at radius 3 is 2.50 bits per heavy atom. The zero-order valence-corrected chi connectivity index (χ0v) is 14.2. The molecule has 5 heteroatoms. The number of ether oxygens (including phenoxy) is 2. The van der Waals surface area contributed by atoms with Crippen molar-refractivity contribution in [1.82, 2.24) is 5.32 Å². The van der Waals surface area contributed by atoms with Gasteiger partial charge in [0.15, 0.2) is 0 Å². The minimum absolute atomic E-state index is 0.256. The van der Waals surface area contributed by atoms with E-state index < -0.39 is 0 Å². The molecule has 0 amide bonds. The van der Waals surface area contributed by atoms with E-state index in [2.05, 4.69) is 28.2 Å². The second-order valence-corrected chi connectivity index (χ2v) is 5.97. The maximum Gasteiger partial charge on any atom is 0.128 e. The van der Waals surface area contributed by atoms with E-state index in [1.807, 2.05) is 19.1 Å². The summed E-state index contributed by atoms with van der Waals surface area (Å²) in [6.45, 7) is 5.50. The summed E-state index contributed by atoms with van der Waals surface area (Å²) in [6.07, 6.45) is 0.544. The van der Waals surface area contributed by atoms with Crippen molar-refractivity contribution in [2.24, 2.45) is 5.92 Å². The van der Waals surface area contributed by atoms with Gasteiger partial charge in [-0.05, 0) is 31.9 Å². The van der Waals surface area contributed by atoms with Gasteiger partial charge in [-0.2, -0.15) is 0 Å². The summed E-state index contributed by atoms with van der Waals surface area (Å²) in [4.78, 5) is 0. The zero-order chi connectivity index (χ0) is 15.1. The Labute approximate surface area is 129 Å². The summed E-state index contributed by atoms with van der Waals surface area (Å²) in [6, 6.07) is 3.81. The highest BCUT2D eigenvalue weighted by atomic mass is 79.9. The molecule has 20 heavy (non-hydrogen) atoms. The summed E-state index contributed by atoms with van der Waals surface area (Å²) in [5.41, 5.74) is 1.07. The van der Waals surface area contributed by atoms with E-state index in [-0.39, 0.29) is 6.10 Å². The first-order valence-electron chi connectivity index (χ1n) is 6.77. The minimum Gasteiger partial charge on any atom is -0.497 e. The van der Waals surface area contributed by atoms with Crippen molar-refractivity contribution in [2.75, 3.05) is 20.8 Å². The van der Waals surface area contributed by atoms with Crippen LogP contribution in [0.15, 0.2) is 16.6 Å². The molecule has 0 fully saturated rings. The largest absolute Gasteiger partial charge is 0.497 e. The van der Waals surface area contributed by atoms with Crippen LogP contribution >= 0.6 is 15.9 Å². The normalized spacial score (nSPS) is 13.9. The number of halogens is 1. The van der Waals surface area contributed by atoms with Gasteiger partial charge < -0.3 is 19.9 Å². The molecule has 2 unspecified atom stereocenters. The Morgan fingerprint density at radius 1 is 1.25 bits per heavy atom. The lowest BCUT2D eigenvalue weighted by molar-refractivity contribution is 0.163. The number of hydrogen-bond acceptors (Lipinski definition) is 4. The van der Waals surface area contributed by atoms with Crippen LogP contribution in [-0.2, 0) is 6.54 Å². The molecular formula is C15H24BrNO3. The predicted octanol–water partition coefficient (Wildman–Crippen LogP) is 2.96. The van der Waals surface area contributed by atoms with Gasteiger partial charge in [-0.3, -0.25) is 0 Å². The molecule has 0 saturated carbocycles. The van der Waals surface area contributed by atoms with Crippen LogP contribution in [0.25, 0.3) is 0 Å². The molecule has 4 nitrogen and oxygen atoms in total. The quantitative estimate of drug-likeness (QED) is 0.760. The van der Waals surface area contributed by atoms with Crippen molar-refractivity contribution >= 4 is 15.9 Å². The van der Waals surface area contributed by atoms with Gasteiger partial charge in [0, 0.05) is 22.6 Å². The maximum atomic E-state index is 9.35. The lowest BCUT2D eigenvalue weighted by Gasteiger charge is -2.16. The summed E-state index contributed by atoms with van der Waals surface area (Å²) in [5.74, 6) is 1.99. The Balaban J connectivity index is 2.63. The molecule has 2 N–H and O–H groups in total. The average Bonchev–Trinajstić information content (AvgIpc) is 2.39. The third kappa shape index (κ3) is 5.31. The molecule has 114 valence electrons. The van der Waals surface area contributed by atoms with E-state index in [0.29, 0.717) is 12.5 Å². The van der Waals surface area contributed by atoms with Crippen LogP contribution in [0.4, 0.5) is 0 Å². The summed E-state index contributed by atoms with van der Waals surface area (Å²) >= 11 is 3.55. The smallest absolute Gasteiger partial charge is 0.128 e. The van der Waals surface area contributed by atoms with Crippen LogP contribution in [0.3, 0.4) is 0 Å². The Morgan fingerprint density at radius 2 is 1.95 bits per heavy atom. The Kier molecular flexibility index (Phi) is 7.34. The van der Waals surface area contributed by atoms with Gasteiger partial charge in [0.1, 0.15) is 11.5 Å². The number of hydrogen-bond donors (Lipinski definition) is 2. The van der Waals surface area contributed by atoms with Crippen molar-refractivity contribution in [2.45, 2.75) is 32.9 Å². The first-order valence-corrected chi connectivity index (χ1v) is 7.56. The molecule has 0 spiro atoms. The van der Waals surface area contributed by atoms with Gasteiger partial charge in [0.25, 0.3) is 0 Å². The molecule has 0 aromatic heterocycles. The molecular weight excluding hydrogens is 322 g/mol. The summed E-state index contributed by atoms with van der Waals surface area (Å²) in [5, 5.41) is 12.8. The molecule has 0 heterocycles. The monoisotopic (exact) mass is 345 g/mol. The lowest BCUT2D eigenvalue weighted by Crippen LogP contribution is -2.23. The van der Waals surface area contributed by atoms with Crippen LogP contribution in [0.2, 0.25) is 0 Å². The van der Waals surface area contributed by atoms with Crippen LogP contribution in [0.1, 0.15) is 25.8 Å². The topological polar surface area (TPSA) is 50.7 Å². The number of rotatable bonds is 8. The van der Waals surface area contributed by atoms with Gasteiger partial charge in [0.05, 0.1) is 20.3 Å². The fraction of sp³-hybridized carbons (Fsp3) is 0.600. The summed E-state index contributed by atoms with van der Waals surface area (Å²) in [7, 11) is 3.29. The van der Waals surface area contributed by atoms with E-state index in [4.69, 9.17) is 9.47 Å². The van der Waals surface area contributed by atoms with E-state index >= 15 is 0 Å². The van der Waals surface area contributed by atoms with E-state index in [9.17, 15) is 5.11 Å². The SMILES string of the molecule is COc1cc(Br)c(CNCC(C)CC(C)O)c(OC)c1. The number of aliphatic hydroxyl groups excluding tert-OH is 1. The predicted molar refractivity (Wildman–Crippen MR) is 84.4 cm³/mol. The minimum atomic E-state index is -0.256. The molecule has 1 rings (SSSR count). The van der Waals surface area contributed by atoms with Crippen LogP contribution in [0, 0.1) is 5.92 Å². The molecule has 0 aliphatic carbocycles. The van der Waals surface area contributed by atoms with E-state index in [0.717, 1.165) is 34.5 Å². The highest BCUT2D eigenvalue weighted by molar-refractivity contribution is 9.10. The molecule has 2 atom stereocenters. The van der Waals surface area contributed by atoms with Gasteiger partial charge in [-0.15, -0.1) is 0 Å². The first-order chi connectivity index (χ1) is 9.47. The van der Waals surface area contributed by atoms with Crippen LogP contribution < -0.4 is 14.8 Å². The molecule has 0 bridgehead atoms. The Bertz CT molecular complexity index is 424. The first kappa shape index (κ1) is 17.3. The van der Waals surface area contributed by atoms with E-state index in [1.54, 1.807) is 14.2 Å². The number of aliphatic hydroxyl groups is 1. The molecule has 0 aliphatic heterocycles. The third-order valence-corrected chi connectivity index (χ3v) is 3.83. The van der Waals surface area contributed by atoms with E-state index in [1.165, 1.54) is 0 Å². The number of benzene rings is 1. The van der Waals surface area contributed by atoms with Crippen LogP contribution in [-0.4, -0.2) is 32.0 Å². The standard InChI is InChI=1S/C15H24BrNO3/c1-10(5-11(2)18)8-17-9-13-14(16)6-12(19-3)7-15(13)20-4/h6-7,10-11,17-18H,5,8-9H2,1-4H3. The lowest BCUT2D eigenvalue weighted by atomic mass is 10.0. The number of methoxy groups -OCH3 is 2. The van der Waals surface area contributed by atoms with Crippen LogP contribution in [0.5, 0.6) is 11.5 Å². The van der Waals surface area contributed by atoms with Gasteiger partial charge >= 0.3 is 0 Å². The van der Waals surface area contributed by atoms with Crippen molar-refractivity contribution in [3.05, 3.63) is 22.2 Å². The fourth-order valence-corrected chi connectivity index (χ4v) is 2.73. The maximum absolute atomic E-state index is 9.35. The molecule has 1 aromatic rings. The second kappa shape index (κ2) is 8.49. The van der Waals surface area contributed by atoms with Gasteiger partial charge in [-0.25, -0.2) is 0 Å². The molecule has 0 radical (unpaired) electrons. The van der Waals surface area contributed by atoms with Crippen molar-refractivity contribution < 1.29 is 14.6 Å². The van der Waals surface area contributed by atoms with Gasteiger partial charge in [0.2, 0.25) is 0 Å². The summed E-state index contributed by atoms with van der Waals surface area (Å²) < 4.78 is 11.6. The van der Waals surface area contributed by atoms with Crippen molar-refractivity contribution in [3.8, 4) is 11.5 Å². The molecule has 0 saturated heterocycles. The second-order valence-electron chi connectivity index (χ2n) is 5.11. The highest BCUT2D eigenvalue weighted by Gasteiger charge is 2.11. The molecule has 0 aliphatic rings. The van der Waals surface area contributed by atoms with Crippen molar-refractivity contribution in [1.29, 1.82) is 0 Å². The highest BCUT2D eigenvalue weighted by Crippen LogP contribution is 2.32. The zero-order valence-electron chi connectivity index (χ0n) is 12.6. The van der Waals surface area contributed by atoms with Crippen molar-refractivity contribution in [3.63, 3.8) is 0 Å².